The predicted molar refractivity (Wildman–Crippen MR) is 69.1 cm³/mol. The summed E-state index contributed by atoms with van der Waals surface area (Å²) in [5.74, 6) is 1.73. The van der Waals surface area contributed by atoms with Gasteiger partial charge in [0.2, 0.25) is 5.82 Å². The van der Waals surface area contributed by atoms with E-state index in [-0.39, 0.29) is 6.10 Å². The summed E-state index contributed by atoms with van der Waals surface area (Å²) >= 11 is 0. The third kappa shape index (κ3) is 2.15. The summed E-state index contributed by atoms with van der Waals surface area (Å²) in [7, 11) is 1.61. The summed E-state index contributed by atoms with van der Waals surface area (Å²) in [6.45, 7) is 3.29. The molecule has 3 rings (SSSR count). The average Bonchev–Trinajstić information content (AvgIpc) is 2.95. The maximum Gasteiger partial charge on any atom is 0.261 e. The molecule has 1 atom stereocenters. The molecule has 0 radical (unpaired) electrons. The second kappa shape index (κ2) is 4.89. The van der Waals surface area contributed by atoms with Gasteiger partial charge in [-0.2, -0.15) is 4.98 Å². The quantitative estimate of drug-likeness (QED) is 0.913. The Balaban J connectivity index is 2.00. The highest BCUT2D eigenvalue weighted by molar-refractivity contribution is 5.74. The van der Waals surface area contributed by atoms with E-state index in [2.05, 4.69) is 15.5 Å². The first-order valence-corrected chi connectivity index (χ1v) is 6.16. The Morgan fingerprint density at radius 3 is 3.16 bits per heavy atom. The number of hydrogen-bond donors (Lipinski definition) is 1. The van der Waals surface area contributed by atoms with Crippen molar-refractivity contribution in [2.24, 2.45) is 0 Å². The van der Waals surface area contributed by atoms with Crippen LogP contribution in [-0.4, -0.2) is 30.4 Å². The van der Waals surface area contributed by atoms with Crippen molar-refractivity contribution in [1.29, 1.82) is 0 Å². The van der Waals surface area contributed by atoms with Gasteiger partial charge in [-0.3, -0.25) is 0 Å². The van der Waals surface area contributed by atoms with E-state index in [0.29, 0.717) is 18.3 Å². The SMILES string of the molecule is COC(C)c1noc(-c2cccc3c2OCCN3)n1. The Morgan fingerprint density at radius 1 is 1.42 bits per heavy atom. The van der Waals surface area contributed by atoms with Crippen LogP contribution in [0.1, 0.15) is 18.9 Å². The zero-order valence-electron chi connectivity index (χ0n) is 10.8. The summed E-state index contributed by atoms with van der Waals surface area (Å²) in [5.41, 5.74) is 1.75. The molecular formula is C13H15N3O3. The maximum absolute atomic E-state index is 5.68. The van der Waals surface area contributed by atoms with Crippen LogP contribution >= 0.6 is 0 Å². The van der Waals surface area contributed by atoms with Crippen LogP contribution in [0.2, 0.25) is 0 Å². The molecule has 2 aromatic rings. The van der Waals surface area contributed by atoms with E-state index in [1.165, 1.54) is 0 Å². The predicted octanol–water partition coefficient (Wildman–Crippen LogP) is 2.25. The number of fused-ring (bicyclic) bond motifs is 1. The summed E-state index contributed by atoms with van der Waals surface area (Å²) in [6.07, 6.45) is -0.198. The largest absolute Gasteiger partial charge is 0.489 e. The minimum absolute atomic E-state index is 0.198. The van der Waals surface area contributed by atoms with E-state index in [1.807, 2.05) is 25.1 Å². The molecule has 6 heteroatoms. The van der Waals surface area contributed by atoms with Crippen LogP contribution in [0.4, 0.5) is 5.69 Å². The number of rotatable bonds is 3. The van der Waals surface area contributed by atoms with Crippen LogP contribution < -0.4 is 10.1 Å². The highest BCUT2D eigenvalue weighted by atomic mass is 16.5. The molecule has 0 aliphatic carbocycles. The van der Waals surface area contributed by atoms with Gasteiger partial charge >= 0.3 is 0 Å². The van der Waals surface area contributed by atoms with E-state index in [1.54, 1.807) is 7.11 Å². The fourth-order valence-corrected chi connectivity index (χ4v) is 1.95. The first-order valence-electron chi connectivity index (χ1n) is 6.16. The normalized spacial score (nSPS) is 15.3. The monoisotopic (exact) mass is 261 g/mol. The molecule has 1 aliphatic heterocycles. The highest BCUT2D eigenvalue weighted by Gasteiger charge is 2.20. The van der Waals surface area contributed by atoms with Crippen LogP contribution in [0.15, 0.2) is 22.7 Å². The van der Waals surface area contributed by atoms with Crippen LogP contribution in [-0.2, 0) is 4.74 Å². The van der Waals surface area contributed by atoms with Crippen molar-refractivity contribution in [3.8, 4) is 17.2 Å². The molecule has 19 heavy (non-hydrogen) atoms. The lowest BCUT2D eigenvalue weighted by atomic mass is 10.1. The lowest BCUT2D eigenvalue weighted by molar-refractivity contribution is 0.109. The number of para-hydroxylation sites is 1. The first-order chi connectivity index (χ1) is 9.29. The molecule has 0 fully saturated rings. The molecule has 100 valence electrons. The molecule has 1 aliphatic rings. The molecule has 1 N–H and O–H groups in total. The Kier molecular flexibility index (Phi) is 3.08. The molecule has 1 unspecified atom stereocenters. The molecule has 1 aromatic heterocycles. The Bertz CT molecular complexity index is 582. The van der Waals surface area contributed by atoms with Gasteiger partial charge < -0.3 is 19.3 Å². The van der Waals surface area contributed by atoms with Crippen LogP contribution in [0, 0.1) is 0 Å². The van der Waals surface area contributed by atoms with Crippen LogP contribution in [0.25, 0.3) is 11.5 Å². The van der Waals surface area contributed by atoms with Crippen molar-refractivity contribution in [1.82, 2.24) is 10.1 Å². The molecule has 0 bridgehead atoms. The summed E-state index contributed by atoms with van der Waals surface area (Å²) in [5, 5.41) is 7.20. The Hall–Kier alpha value is -2.08. The van der Waals surface area contributed by atoms with Gasteiger partial charge in [0, 0.05) is 13.7 Å². The molecule has 2 heterocycles. The van der Waals surface area contributed by atoms with E-state index < -0.39 is 0 Å². The first kappa shape index (κ1) is 12.0. The number of benzene rings is 1. The zero-order valence-corrected chi connectivity index (χ0v) is 10.8. The van der Waals surface area contributed by atoms with E-state index in [4.69, 9.17) is 14.0 Å². The van der Waals surface area contributed by atoms with Gasteiger partial charge in [0.15, 0.2) is 5.75 Å². The summed E-state index contributed by atoms with van der Waals surface area (Å²) in [4.78, 5) is 4.35. The Morgan fingerprint density at radius 2 is 2.32 bits per heavy atom. The summed E-state index contributed by atoms with van der Waals surface area (Å²) in [6, 6.07) is 5.80. The van der Waals surface area contributed by atoms with Crippen molar-refractivity contribution in [3.05, 3.63) is 24.0 Å². The molecule has 1 aromatic carbocycles. The number of ether oxygens (including phenoxy) is 2. The van der Waals surface area contributed by atoms with Gasteiger partial charge in [-0.05, 0) is 19.1 Å². The van der Waals surface area contributed by atoms with Gasteiger partial charge in [0.05, 0.1) is 11.3 Å². The number of anilines is 1. The fraction of sp³-hybridized carbons (Fsp3) is 0.385. The van der Waals surface area contributed by atoms with Crippen molar-refractivity contribution in [3.63, 3.8) is 0 Å². The lowest BCUT2D eigenvalue weighted by Crippen LogP contribution is -2.18. The second-order valence-electron chi connectivity index (χ2n) is 4.29. The fourth-order valence-electron chi connectivity index (χ4n) is 1.95. The van der Waals surface area contributed by atoms with Gasteiger partial charge in [-0.25, -0.2) is 0 Å². The van der Waals surface area contributed by atoms with Crippen LogP contribution in [0.3, 0.4) is 0 Å². The number of nitrogens with zero attached hydrogens (tertiary/aromatic N) is 2. The molecular weight excluding hydrogens is 246 g/mol. The van der Waals surface area contributed by atoms with Gasteiger partial charge in [-0.15, -0.1) is 0 Å². The molecule has 6 nitrogen and oxygen atoms in total. The highest BCUT2D eigenvalue weighted by Crippen LogP contribution is 2.37. The smallest absolute Gasteiger partial charge is 0.261 e. The van der Waals surface area contributed by atoms with E-state index in [9.17, 15) is 0 Å². The minimum atomic E-state index is -0.198. The topological polar surface area (TPSA) is 69.4 Å². The van der Waals surface area contributed by atoms with E-state index >= 15 is 0 Å². The Labute approximate surface area is 110 Å². The van der Waals surface area contributed by atoms with Crippen LogP contribution in [0.5, 0.6) is 5.75 Å². The third-order valence-electron chi connectivity index (χ3n) is 3.07. The van der Waals surface area contributed by atoms with Gasteiger partial charge in [-0.1, -0.05) is 11.2 Å². The van der Waals surface area contributed by atoms with E-state index in [0.717, 1.165) is 23.5 Å². The minimum Gasteiger partial charge on any atom is -0.489 e. The molecule has 0 saturated carbocycles. The number of methoxy groups -OCH3 is 1. The molecule has 0 saturated heterocycles. The lowest BCUT2D eigenvalue weighted by Gasteiger charge is -2.20. The molecule has 0 amide bonds. The molecule has 0 spiro atoms. The second-order valence-corrected chi connectivity index (χ2v) is 4.29. The van der Waals surface area contributed by atoms with Crippen molar-refractivity contribution in [2.75, 3.05) is 25.6 Å². The third-order valence-corrected chi connectivity index (χ3v) is 3.07. The standard InChI is InChI=1S/C13H15N3O3/c1-8(17-2)12-15-13(19-16-12)9-4-3-5-10-11(9)18-7-6-14-10/h3-5,8,14H,6-7H2,1-2H3. The number of aromatic nitrogens is 2. The van der Waals surface area contributed by atoms with Gasteiger partial charge in [0.1, 0.15) is 12.7 Å². The maximum atomic E-state index is 5.68. The average molecular weight is 261 g/mol. The number of hydrogen-bond acceptors (Lipinski definition) is 6. The zero-order chi connectivity index (χ0) is 13.2. The van der Waals surface area contributed by atoms with Crippen molar-refractivity contribution >= 4 is 5.69 Å². The van der Waals surface area contributed by atoms with Crippen molar-refractivity contribution < 1.29 is 14.0 Å². The van der Waals surface area contributed by atoms with Gasteiger partial charge in [0.25, 0.3) is 5.89 Å². The summed E-state index contributed by atoms with van der Waals surface area (Å²) < 4.78 is 16.1. The van der Waals surface area contributed by atoms with Crippen molar-refractivity contribution in [2.45, 2.75) is 13.0 Å². The number of nitrogens with one attached hydrogen (secondary N) is 1.